The molecule has 2 N–H and O–H groups in total. The highest BCUT2D eigenvalue weighted by Crippen LogP contribution is 2.35. The van der Waals surface area contributed by atoms with Crippen LogP contribution in [0.3, 0.4) is 0 Å². The summed E-state index contributed by atoms with van der Waals surface area (Å²) in [6.45, 7) is 5.16. The van der Waals surface area contributed by atoms with Gasteiger partial charge in [-0.25, -0.2) is 4.79 Å². The van der Waals surface area contributed by atoms with Crippen LogP contribution in [0.15, 0.2) is 24.5 Å². The number of carbonyl (C=O) groups excluding carboxylic acids is 1. The van der Waals surface area contributed by atoms with E-state index in [1.807, 2.05) is 29.7 Å². The molecule has 2 aromatic rings. The number of carbonyl (C=O) groups is 1. The van der Waals surface area contributed by atoms with Gasteiger partial charge in [0.2, 0.25) is 0 Å². The zero-order valence-corrected chi connectivity index (χ0v) is 14.8. The van der Waals surface area contributed by atoms with Crippen LogP contribution in [-0.4, -0.2) is 27.4 Å². The lowest BCUT2D eigenvalue weighted by molar-refractivity contribution is 0.251. The molecule has 1 saturated carbocycles. The van der Waals surface area contributed by atoms with Crippen LogP contribution in [0.4, 0.5) is 10.5 Å². The van der Waals surface area contributed by atoms with Gasteiger partial charge < -0.3 is 19.9 Å². The van der Waals surface area contributed by atoms with Crippen LogP contribution in [-0.2, 0) is 6.54 Å². The molecule has 1 aromatic heterocycles. The number of hydrogen-bond acceptors (Lipinski definition) is 4. The Balaban J connectivity index is 1.51. The Morgan fingerprint density at radius 1 is 1.40 bits per heavy atom. The standard InChI is InChI=1S/C18H25N5O2/c1-3-4-9-25-15-7-8-16(13(2)10-15)21-18(24)19-11-17-22-20-12-23(17)14-5-6-14/h7-8,10,12,14H,3-6,9,11H2,1-2H3,(H2,19,21,24). The molecule has 7 nitrogen and oxygen atoms in total. The largest absolute Gasteiger partial charge is 0.494 e. The fourth-order valence-electron chi connectivity index (χ4n) is 2.58. The number of hydrogen-bond donors (Lipinski definition) is 2. The second-order valence-electron chi connectivity index (χ2n) is 6.37. The van der Waals surface area contributed by atoms with E-state index >= 15 is 0 Å². The van der Waals surface area contributed by atoms with E-state index < -0.39 is 0 Å². The molecular formula is C18H25N5O2. The van der Waals surface area contributed by atoms with Crippen molar-refractivity contribution < 1.29 is 9.53 Å². The Bertz CT molecular complexity index is 724. The van der Waals surface area contributed by atoms with Crippen molar-refractivity contribution in [1.82, 2.24) is 20.1 Å². The predicted molar refractivity (Wildman–Crippen MR) is 95.7 cm³/mol. The van der Waals surface area contributed by atoms with Gasteiger partial charge >= 0.3 is 6.03 Å². The van der Waals surface area contributed by atoms with Gasteiger partial charge in [0.05, 0.1) is 13.2 Å². The summed E-state index contributed by atoms with van der Waals surface area (Å²) < 4.78 is 7.71. The van der Waals surface area contributed by atoms with E-state index in [-0.39, 0.29) is 6.03 Å². The van der Waals surface area contributed by atoms with Gasteiger partial charge in [-0.1, -0.05) is 13.3 Å². The Hall–Kier alpha value is -2.57. The van der Waals surface area contributed by atoms with E-state index in [2.05, 4.69) is 27.8 Å². The molecule has 2 amide bonds. The molecule has 0 saturated heterocycles. The average molecular weight is 343 g/mol. The third kappa shape index (κ3) is 4.71. The number of ether oxygens (including phenoxy) is 1. The van der Waals surface area contributed by atoms with Gasteiger partial charge in [-0.3, -0.25) is 0 Å². The van der Waals surface area contributed by atoms with Crippen LogP contribution in [0.5, 0.6) is 5.75 Å². The van der Waals surface area contributed by atoms with E-state index in [0.717, 1.165) is 48.5 Å². The lowest BCUT2D eigenvalue weighted by Crippen LogP contribution is -2.29. The maximum absolute atomic E-state index is 12.1. The van der Waals surface area contributed by atoms with Gasteiger partial charge in [-0.15, -0.1) is 10.2 Å². The molecule has 1 aromatic carbocycles. The van der Waals surface area contributed by atoms with Crippen LogP contribution < -0.4 is 15.4 Å². The summed E-state index contributed by atoms with van der Waals surface area (Å²) in [7, 11) is 0. The minimum atomic E-state index is -0.256. The number of benzene rings is 1. The second kappa shape index (κ2) is 8.00. The maximum Gasteiger partial charge on any atom is 0.319 e. The second-order valence-corrected chi connectivity index (χ2v) is 6.37. The fourth-order valence-corrected chi connectivity index (χ4v) is 2.58. The number of nitrogens with zero attached hydrogens (tertiary/aromatic N) is 3. The number of urea groups is 1. The number of unbranched alkanes of at least 4 members (excludes halogenated alkanes) is 1. The summed E-state index contributed by atoms with van der Waals surface area (Å²) in [6.07, 6.45) is 6.18. The monoisotopic (exact) mass is 343 g/mol. The van der Waals surface area contributed by atoms with E-state index in [1.165, 1.54) is 0 Å². The number of aromatic nitrogens is 3. The molecule has 0 bridgehead atoms. The molecule has 0 radical (unpaired) electrons. The normalized spacial score (nSPS) is 13.5. The highest BCUT2D eigenvalue weighted by molar-refractivity contribution is 5.90. The van der Waals surface area contributed by atoms with Crippen LogP contribution >= 0.6 is 0 Å². The molecule has 0 atom stereocenters. The molecule has 134 valence electrons. The smallest absolute Gasteiger partial charge is 0.319 e. The first-order valence-corrected chi connectivity index (χ1v) is 8.84. The van der Waals surface area contributed by atoms with E-state index in [9.17, 15) is 4.79 Å². The van der Waals surface area contributed by atoms with Crippen molar-refractivity contribution in [1.29, 1.82) is 0 Å². The van der Waals surface area contributed by atoms with Crippen molar-refractivity contribution in [3.63, 3.8) is 0 Å². The molecule has 7 heteroatoms. The van der Waals surface area contributed by atoms with Gasteiger partial charge in [0.25, 0.3) is 0 Å². The summed E-state index contributed by atoms with van der Waals surface area (Å²) in [6, 6.07) is 5.92. The molecule has 1 heterocycles. The SMILES string of the molecule is CCCCOc1ccc(NC(=O)NCc2nncn2C2CC2)c(C)c1. The van der Waals surface area contributed by atoms with Gasteiger partial charge in [-0.05, 0) is 49.9 Å². The molecule has 0 aliphatic heterocycles. The minimum Gasteiger partial charge on any atom is -0.494 e. The van der Waals surface area contributed by atoms with Gasteiger partial charge in [0, 0.05) is 11.7 Å². The summed E-state index contributed by atoms with van der Waals surface area (Å²) >= 11 is 0. The first-order chi connectivity index (χ1) is 12.2. The van der Waals surface area contributed by atoms with E-state index in [1.54, 1.807) is 6.33 Å². The van der Waals surface area contributed by atoms with Crippen molar-refractivity contribution >= 4 is 11.7 Å². The average Bonchev–Trinajstić information content (AvgIpc) is 3.34. The first-order valence-electron chi connectivity index (χ1n) is 8.84. The van der Waals surface area contributed by atoms with Gasteiger partial charge in [0.1, 0.15) is 12.1 Å². The lowest BCUT2D eigenvalue weighted by Gasteiger charge is -2.12. The van der Waals surface area contributed by atoms with Crippen LogP contribution in [0.2, 0.25) is 0 Å². The lowest BCUT2D eigenvalue weighted by atomic mass is 10.2. The predicted octanol–water partition coefficient (Wildman–Crippen LogP) is 3.42. The summed E-state index contributed by atoms with van der Waals surface area (Å²) in [5.74, 6) is 1.61. The van der Waals surface area contributed by atoms with Gasteiger partial charge in [0.15, 0.2) is 5.82 Å². The fraction of sp³-hybridized carbons (Fsp3) is 0.500. The quantitative estimate of drug-likeness (QED) is 0.720. The Labute approximate surface area is 147 Å². The first kappa shape index (κ1) is 17.3. The number of nitrogens with one attached hydrogen (secondary N) is 2. The molecule has 0 spiro atoms. The van der Waals surface area contributed by atoms with E-state index in [0.29, 0.717) is 19.2 Å². The third-order valence-corrected chi connectivity index (χ3v) is 4.21. The Morgan fingerprint density at radius 3 is 2.96 bits per heavy atom. The zero-order chi connectivity index (χ0) is 17.6. The third-order valence-electron chi connectivity index (χ3n) is 4.21. The van der Waals surface area contributed by atoms with Crippen molar-refractivity contribution in [2.24, 2.45) is 0 Å². The molecule has 1 aliphatic carbocycles. The molecule has 0 unspecified atom stereocenters. The van der Waals surface area contributed by atoms with E-state index in [4.69, 9.17) is 4.74 Å². The minimum absolute atomic E-state index is 0.256. The molecule has 1 aliphatic rings. The van der Waals surface area contributed by atoms with Crippen molar-refractivity contribution in [3.8, 4) is 5.75 Å². The van der Waals surface area contributed by atoms with Crippen molar-refractivity contribution in [2.45, 2.75) is 52.1 Å². The van der Waals surface area contributed by atoms with Crippen molar-refractivity contribution in [3.05, 3.63) is 35.9 Å². The van der Waals surface area contributed by atoms with Gasteiger partial charge in [-0.2, -0.15) is 0 Å². The van der Waals surface area contributed by atoms with Crippen LogP contribution in [0, 0.1) is 6.92 Å². The van der Waals surface area contributed by atoms with Crippen molar-refractivity contribution in [2.75, 3.05) is 11.9 Å². The highest BCUT2D eigenvalue weighted by Gasteiger charge is 2.26. The molecule has 25 heavy (non-hydrogen) atoms. The highest BCUT2D eigenvalue weighted by atomic mass is 16.5. The topological polar surface area (TPSA) is 81.1 Å². The summed E-state index contributed by atoms with van der Waals surface area (Å²) in [5.41, 5.74) is 1.73. The Morgan fingerprint density at radius 2 is 2.24 bits per heavy atom. The molecule has 1 fully saturated rings. The maximum atomic E-state index is 12.1. The zero-order valence-electron chi connectivity index (χ0n) is 14.8. The summed E-state index contributed by atoms with van der Waals surface area (Å²) in [5, 5.41) is 13.7. The number of rotatable bonds is 8. The van der Waals surface area contributed by atoms with Crippen LogP contribution in [0.1, 0.15) is 50.0 Å². The Kier molecular flexibility index (Phi) is 5.53. The van der Waals surface area contributed by atoms with Crippen LogP contribution in [0.25, 0.3) is 0 Å². The molecule has 3 rings (SSSR count). The molecular weight excluding hydrogens is 318 g/mol. The number of amides is 2. The number of anilines is 1. The summed E-state index contributed by atoms with van der Waals surface area (Å²) in [4.78, 5) is 12.1. The number of aryl methyl sites for hydroxylation is 1.